The van der Waals surface area contributed by atoms with Crippen LogP contribution in [0.2, 0.25) is 0 Å². The lowest BCUT2D eigenvalue weighted by atomic mass is 9.97. The number of ether oxygens (including phenoxy) is 1. The zero-order chi connectivity index (χ0) is 14.6. The molecule has 0 radical (unpaired) electrons. The van der Waals surface area contributed by atoms with Crippen LogP contribution >= 0.6 is 0 Å². The third kappa shape index (κ3) is 2.48. The van der Waals surface area contributed by atoms with Gasteiger partial charge in [-0.05, 0) is 13.8 Å². The van der Waals surface area contributed by atoms with Gasteiger partial charge in [0.2, 0.25) is 5.88 Å². The molecule has 0 aromatic carbocycles. The van der Waals surface area contributed by atoms with Crippen LogP contribution in [0.5, 0.6) is 0 Å². The molecule has 1 atom stereocenters. The fourth-order valence-corrected chi connectivity index (χ4v) is 1.50. The van der Waals surface area contributed by atoms with Crippen LogP contribution in [0.25, 0.3) is 0 Å². The summed E-state index contributed by atoms with van der Waals surface area (Å²) in [6.07, 6.45) is 0. The third-order valence-electron chi connectivity index (χ3n) is 2.24. The van der Waals surface area contributed by atoms with E-state index in [0.717, 1.165) is 0 Å². The first kappa shape index (κ1) is 14.1. The van der Waals surface area contributed by atoms with Gasteiger partial charge in [0.25, 0.3) is 0 Å². The van der Waals surface area contributed by atoms with Gasteiger partial charge in [-0.25, -0.2) is 0 Å². The predicted molar refractivity (Wildman–Crippen MR) is 64.4 cm³/mol. The Kier molecular flexibility index (Phi) is 3.79. The lowest BCUT2D eigenvalue weighted by Gasteiger charge is -2.23. The second-order valence-electron chi connectivity index (χ2n) is 4.00. The van der Waals surface area contributed by atoms with Gasteiger partial charge in [-0.1, -0.05) is 5.16 Å². The zero-order valence-electron chi connectivity index (χ0n) is 10.7. The Bertz CT molecular complexity index is 604. The zero-order valence-corrected chi connectivity index (χ0v) is 10.7. The average Bonchev–Trinajstić information content (AvgIpc) is 2.61. The minimum absolute atomic E-state index is 0.0116. The highest BCUT2D eigenvalue weighted by Gasteiger charge is 2.47. The lowest BCUT2D eigenvalue weighted by molar-refractivity contribution is -0.165. The molecule has 2 N–H and O–H groups in total. The molecule has 1 rings (SSSR count). The van der Waals surface area contributed by atoms with Crippen molar-refractivity contribution in [3.05, 3.63) is 22.6 Å². The monoisotopic (exact) mass is 257 g/mol. The molecule has 0 fully saturated rings. The van der Waals surface area contributed by atoms with E-state index < -0.39 is 5.79 Å². The number of allylic oxidation sites excluding steroid dienone is 1. The van der Waals surface area contributed by atoms with Gasteiger partial charge >= 0.3 is 5.79 Å². The summed E-state index contributed by atoms with van der Waals surface area (Å²) in [5.74, 6) is -1.76. The lowest BCUT2D eigenvalue weighted by Crippen LogP contribution is -2.30. The van der Waals surface area contributed by atoms with Crippen molar-refractivity contribution >= 4 is 5.71 Å². The normalized spacial score (nSPS) is 20.7. The Labute approximate surface area is 110 Å². The Morgan fingerprint density at radius 1 is 1.32 bits per heavy atom. The maximum atomic E-state index is 9.04. The smallest absolute Gasteiger partial charge is 0.304 e. The summed E-state index contributed by atoms with van der Waals surface area (Å²) in [4.78, 5) is 5.18. The van der Waals surface area contributed by atoms with Crippen LogP contribution in [0.3, 0.4) is 0 Å². The minimum atomic E-state index is -1.56. The highest BCUT2D eigenvalue weighted by atomic mass is 16.8. The van der Waals surface area contributed by atoms with E-state index in [4.69, 9.17) is 31.1 Å². The first-order valence-corrected chi connectivity index (χ1v) is 5.23. The first-order valence-electron chi connectivity index (χ1n) is 5.23. The van der Waals surface area contributed by atoms with Crippen LogP contribution in [-0.2, 0) is 9.57 Å². The van der Waals surface area contributed by atoms with E-state index >= 15 is 0 Å². The molecule has 96 valence electrons. The first-order chi connectivity index (χ1) is 8.89. The van der Waals surface area contributed by atoms with Crippen LogP contribution in [0.1, 0.15) is 20.8 Å². The molecular weight excluding hydrogens is 246 g/mol. The van der Waals surface area contributed by atoms with Crippen molar-refractivity contribution in [3.63, 3.8) is 0 Å². The van der Waals surface area contributed by atoms with Crippen LogP contribution in [0.15, 0.2) is 27.8 Å². The number of nitrogens with zero attached hydrogens (tertiary/aromatic N) is 4. The van der Waals surface area contributed by atoms with Crippen LogP contribution in [0.4, 0.5) is 0 Å². The number of oxime groups is 1. The molecule has 1 unspecified atom stereocenters. The molecule has 0 saturated heterocycles. The van der Waals surface area contributed by atoms with Gasteiger partial charge in [0.15, 0.2) is 0 Å². The van der Waals surface area contributed by atoms with E-state index in [1.165, 1.54) is 6.92 Å². The minimum Gasteiger partial charge on any atom is -0.430 e. The Hall–Kier alpha value is -2.98. The number of rotatable bonds is 2. The molecule has 0 amide bonds. The molecular formula is C12H11N5O2. The van der Waals surface area contributed by atoms with Gasteiger partial charge in [-0.15, -0.1) is 0 Å². The Morgan fingerprint density at radius 3 is 2.32 bits per heavy atom. The van der Waals surface area contributed by atoms with E-state index in [1.807, 2.05) is 0 Å². The van der Waals surface area contributed by atoms with Crippen molar-refractivity contribution in [2.75, 3.05) is 0 Å². The maximum absolute atomic E-state index is 9.04. The summed E-state index contributed by atoms with van der Waals surface area (Å²) in [6, 6.07) is 5.18. The van der Waals surface area contributed by atoms with Crippen LogP contribution in [0, 0.1) is 34.0 Å². The highest BCUT2D eigenvalue weighted by Crippen LogP contribution is 2.39. The van der Waals surface area contributed by atoms with E-state index in [0.29, 0.717) is 5.71 Å². The number of nitrogens with two attached hydrogens (primary N) is 1. The topological polar surface area (TPSA) is 128 Å². The molecule has 0 bridgehead atoms. The second-order valence-corrected chi connectivity index (χ2v) is 4.00. The fourth-order valence-electron chi connectivity index (χ4n) is 1.50. The van der Waals surface area contributed by atoms with Crippen molar-refractivity contribution in [1.82, 2.24) is 0 Å². The quantitative estimate of drug-likeness (QED) is 0.449. The number of hydrogen-bond donors (Lipinski definition) is 1. The summed E-state index contributed by atoms with van der Waals surface area (Å²) in [5, 5.41) is 30.7. The van der Waals surface area contributed by atoms with E-state index in [-0.39, 0.29) is 22.6 Å². The maximum Gasteiger partial charge on any atom is 0.304 e. The van der Waals surface area contributed by atoms with Gasteiger partial charge in [-0.3, -0.25) is 0 Å². The van der Waals surface area contributed by atoms with Crippen LogP contribution < -0.4 is 5.73 Å². The van der Waals surface area contributed by atoms with Gasteiger partial charge in [0.1, 0.15) is 29.4 Å². The standard InChI is InChI=1S/C12H11N5O2/c1-7(2)17-19-12(3)10(8(4-13)5-14)9(6-15)11(16)18-12/h16H2,1-3H3. The fraction of sp³-hybridized carbons (Fsp3) is 0.333. The molecule has 0 aromatic heterocycles. The van der Waals surface area contributed by atoms with Gasteiger partial charge in [0, 0.05) is 6.92 Å². The van der Waals surface area contributed by atoms with Crippen molar-refractivity contribution in [2.24, 2.45) is 10.9 Å². The SMILES string of the molecule is CC(C)=NOC1(C)OC(N)=C(C#N)C1=C(C#N)C#N. The number of nitriles is 3. The molecule has 7 nitrogen and oxygen atoms in total. The molecule has 1 heterocycles. The summed E-state index contributed by atoms with van der Waals surface area (Å²) >= 11 is 0. The van der Waals surface area contributed by atoms with Crippen molar-refractivity contribution < 1.29 is 9.57 Å². The van der Waals surface area contributed by atoms with Crippen LogP contribution in [-0.4, -0.2) is 11.5 Å². The van der Waals surface area contributed by atoms with Gasteiger partial charge in [-0.2, -0.15) is 15.8 Å². The molecule has 19 heavy (non-hydrogen) atoms. The third-order valence-corrected chi connectivity index (χ3v) is 2.24. The van der Waals surface area contributed by atoms with E-state index in [2.05, 4.69) is 5.16 Å². The van der Waals surface area contributed by atoms with Crippen molar-refractivity contribution in [3.8, 4) is 18.2 Å². The van der Waals surface area contributed by atoms with Gasteiger partial charge in [0.05, 0.1) is 11.3 Å². The summed E-state index contributed by atoms with van der Waals surface area (Å²) in [6.45, 7) is 4.82. The summed E-state index contributed by atoms with van der Waals surface area (Å²) in [5.41, 5.74) is 5.76. The van der Waals surface area contributed by atoms with Crippen molar-refractivity contribution in [2.45, 2.75) is 26.6 Å². The Morgan fingerprint density at radius 2 is 1.89 bits per heavy atom. The highest BCUT2D eigenvalue weighted by molar-refractivity contribution is 5.78. The molecule has 1 aliphatic rings. The molecule has 0 aromatic rings. The van der Waals surface area contributed by atoms with Crippen molar-refractivity contribution in [1.29, 1.82) is 15.8 Å². The summed E-state index contributed by atoms with van der Waals surface area (Å²) in [7, 11) is 0. The summed E-state index contributed by atoms with van der Waals surface area (Å²) < 4.78 is 5.25. The van der Waals surface area contributed by atoms with Gasteiger partial charge < -0.3 is 15.3 Å². The largest absolute Gasteiger partial charge is 0.430 e. The van der Waals surface area contributed by atoms with E-state index in [1.54, 1.807) is 32.1 Å². The predicted octanol–water partition coefficient (Wildman–Crippen LogP) is 1.18. The second kappa shape index (κ2) is 5.12. The van der Waals surface area contributed by atoms with E-state index in [9.17, 15) is 0 Å². The Balaban J connectivity index is 3.45. The molecule has 0 spiro atoms. The average molecular weight is 257 g/mol. The molecule has 7 heteroatoms. The molecule has 1 aliphatic heterocycles. The molecule has 0 aliphatic carbocycles. The molecule has 0 saturated carbocycles. The number of hydrogen-bond acceptors (Lipinski definition) is 7.